The van der Waals surface area contributed by atoms with Gasteiger partial charge in [0.25, 0.3) is 5.91 Å². The first kappa shape index (κ1) is 28.1. The molecule has 5 rings (SSSR count). The number of hydrogen-bond acceptors (Lipinski definition) is 7. The molecule has 41 heavy (non-hydrogen) atoms. The van der Waals surface area contributed by atoms with Gasteiger partial charge in [-0.3, -0.25) is 19.4 Å². The van der Waals surface area contributed by atoms with Crippen molar-refractivity contribution in [1.82, 2.24) is 10.2 Å². The highest BCUT2D eigenvalue weighted by atomic mass is 32.2. The standard InChI is InChI=1S/C31H31N5O4S/c1-3-26(29(38)33-21-12-9-13-22(18-21)40-2)41-31-35-24-15-8-7-14-23(24)28-34-25(30(39)36(28)31)19-27(37)32-17-16-20-10-5-4-6-11-20/h4-15,18,25-26H,3,16-17,19H2,1-2H3,(H,32,37)(H,33,38). The van der Waals surface area contributed by atoms with Gasteiger partial charge in [-0.1, -0.05) is 67.2 Å². The minimum absolute atomic E-state index is 0.0682. The molecule has 0 aromatic heterocycles. The maximum Gasteiger partial charge on any atom is 0.259 e. The van der Waals surface area contributed by atoms with E-state index in [0.29, 0.717) is 53.1 Å². The van der Waals surface area contributed by atoms with Gasteiger partial charge in [-0.25, -0.2) is 9.89 Å². The van der Waals surface area contributed by atoms with Crippen molar-refractivity contribution in [3.63, 3.8) is 0 Å². The number of nitrogens with zero attached hydrogens (tertiary/aromatic N) is 3. The van der Waals surface area contributed by atoms with Crippen molar-refractivity contribution in [2.75, 3.05) is 19.0 Å². The van der Waals surface area contributed by atoms with Gasteiger partial charge in [0.05, 0.1) is 24.5 Å². The highest BCUT2D eigenvalue weighted by molar-refractivity contribution is 8.15. The number of rotatable bonds is 10. The number of fused-ring (bicyclic) bond motifs is 3. The van der Waals surface area contributed by atoms with E-state index in [4.69, 9.17) is 9.73 Å². The Labute approximate surface area is 243 Å². The molecule has 0 spiro atoms. The molecule has 0 saturated carbocycles. The van der Waals surface area contributed by atoms with Gasteiger partial charge in [-0.2, -0.15) is 0 Å². The van der Waals surface area contributed by atoms with Crippen LogP contribution in [0.2, 0.25) is 0 Å². The van der Waals surface area contributed by atoms with Crippen LogP contribution in [-0.2, 0) is 20.8 Å². The predicted octanol–water partition coefficient (Wildman–Crippen LogP) is 4.55. The van der Waals surface area contributed by atoms with Crippen LogP contribution in [0.25, 0.3) is 0 Å². The SMILES string of the molecule is CCC(SC1=Nc2ccccc2C2=NC(CC(=O)NCCc3ccccc3)C(=O)N12)C(=O)Nc1cccc(OC)c1. The van der Waals surface area contributed by atoms with Gasteiger partial charge >= 0.3 is 0 Å². The highest BCUT2D eigenvalue weighted by Crippen LogP contribution is 2.36. The third-order valence-electron chi connectivity index (χ3n) is 6.75. The first-order valence-electron chi connectivity index (χ1n) is 13.5. The van der Waals surface area contributed by atoms with Crippen molar-refractivity contribution < 1.29 is 19.1 Å². The van der Waals surface area contributed by atoms with Crippen molar-refractivity contribution in [1.29, 1.82) is 0 Å². The second-order valence-corrected chi connectivity index (χ2v) is 10.7. The Kier molecular flexibility index (Phi) is 8.79. The normalized spacial score (nSPS) is 16.2. The van der Waals surface area contributed by atoms with Crippen LogP contribution in [0.5, 0.6) is 5.75 Å². The Balaban J connectivity index is 1.30. The number of nitrogens with one attached hydrogen (secondary N) is 2. The van der Waals surface area contributed by atoms with Gasteiger partial charge in [-0.15, -0.1) is 0 Å². The van der Waals surface area contributed by atoms with Gasteiger partial charge in [0.1, 0.15) is 17.6 Å². The zero-order valence-corrected chi connectivity index (χ0v) is 23.7. The molecule has 0 fully saturated rings. The average molecular weight is 570 g/mol. The fourth-order valence-corrected chi connectivity index (χ4v) is 5.65. The second-order valence-electron chi connectivity index (χ2n) is 9.58. The largest absolute Gasteiger partial charge is 0.497 e. The van der Waals surface area contributed by atoms with E-state index in [0.717, 1.165) is 5.56 Å². The monoisotopic (exact) mass is 569 g/mol. The smallest absolute Gasteiger partial charge is 0.259 e. The molecule has 2 aliphatic rings. The molecule has 9 nitrogen and oxygen atoms in total. The van der Waals surface area contributed by atoms with Crippen LogP contribution in [0.15, 0.2) is 88.8 Å². The topological polar surface area (TPSA) is 112 Å². The summed E-state index contributed by atoms with van der Waals surface area (Å²) in [6.45, 7) is 2.37. The number of amides is 3. The molecule has 0 radical (unpaired) electrons. The zero-order valence-electron chi connectivity index (χ0n) is 22.9. The number of amidine groups is 2. The van der Waals surface area contributed by atoms with Crippen LogP contribution in [-0.4, -0.2) is 58.6 Å². The van der Waals surface area contributed by atoms with E-state index < -0.39 is 11.3 Å². The molecule has 0 bridgehead atoms. The summed E-state index contributed by atoms with van der Waals surface area (Å²) in [5.74, 6) is 0.296. The molecule has 2 unspecified atom stereocenters. The summed E-state index contributed by atoms with van der Waals surface area (Å²) in [7, 11) is 1.57. The second kappa shape index (κ2) is 12.8. The van der Waals surface area contributed by atoms with Crippen LogP contribution in [0.3, 0.4) is 0 Å². The molecule has 210 valence electrons. The molecule has 3 aromatic carbocycles. The van der Waals surface area contributed by atoms with E-state index in [1.54, 1.807) is 31.4 Å². The van der Waals surface area contributed by atoms with Crippen molar-refractivity contribution in [3.8, 4) is 5.75 Å². The summed E-state index contributed by atoms with van der Waals surface area (Å²) in [6, 6.07) is 23.6. The number of aliphatic imine (C=N–C) groups is 2. The number of carbonyl (C=O) groups is 3. The van der Waals surface area contributed by atoms with E-state index in [1.165, 1.54) is 16.7 Å². The van der Waals surface area contributed by atoms with Gasteiger partial charge in [0.15, 0.2) is 5.17 Å². The minimum atomic E-state index is -0.871. The Morgan fingerprint density at radius 1 is 1.05 bits per heavy atom. The van der Waals surface area contributed by atoms with E-state index in [-0.39, 0.29) is 24.1 Å². The summed E-state index contributed by atoms with van der Waals surface area (Å²) in [5, 5.41) is 5.67. The third kappa shape index (κ3) is 6.49. The van der Waals surface area contributed by atoms with E-state index in [2.05, 4.69) is 15.6 Å². The molecule has 2 heterocycles. The number of thioether (sulfide) groups is 1. The number of carbonyl (C=O) groups excluding carboxylic acids is 3. The summed E-state index contributed by atoms with van der Waals surface area (Å²) >= 11 is 1.21. The Morgan fingerprint density at radius 3 is 2.61 bits per heavy atom. The maximum atomic E-state index is 13.6. The van der Waals surface area contributed by atoms with Gasteiger partial charge < -0.3 is 15.4 Å². The summed E-state index contributed by atoms with van der Waals surface area (Å²) in [5.41, 5.74) is 3.11. The van der Waals surface area contributed by atoms with Crippen LogP contribution in [0.4, 0.5) is 11.4 Å². The molecule has 3 amide bonds. The molecule has 0 aliphatic carbocycles. The van der Waals surface area contributed by atoms with Crippen molar-refractivity contribution in [3.05, 3.63) is 90.0 Å². The van der Waals surface area contributed by atoms with Gasteiger partial charge in [0.2, 0.25) is 11.8 Å². The van der Waals surface area contributed by atoms with Crippen molar-refractivity contribution >= 4 is 51.9 Å². The Morgan fingerprint density at radius 2 is 1.83 bits per heavy atom. The number of hydrogen-bond donors (Lipinski definition) is 2. The molecular weight excluding hydrogens is 538 g/mol. The molecule has 10 heteroatoms. The van der Waals surface area contributed by atoms with Crippen molar-refractivity contribution in [2.24, 2.45) is 9.98 Å². The lowest BCUT2D eigenvalue weighted by molar-refractivity contribution is -0.128. The van der Waals surface area contributed by atoms with Gasteiger partial charge in [-0.05, 0) is 42.7 Å². The molecule has 2 atom stereocenters. The lowest BCUT2D eigenvalue weighted by Gasteiger charge is -2.27. The molecule has 2 aliphatic heterocycles. The molecular formula is C31H31N5O4S. The summed E-state index contributed by atoms with van der Waals surface area (Å²) in [6.07, 6.45) is 1.13. The quantitative estimate of drug-likeness (QED) is 0.372. The molecule has 3 aromatic rings. The maximum absolute atomic E-state index is 13.6. The van der Waals surface area contributed by atoms with Gasteiger partial charge in [0, 0.05) is 23.9 Å². The number of anilines is 1. The number of ether oxygens (including phenoxy) is 1. The number of methoxy groups -OCH3 is 1. The first-order chi connectivity index (χ1) is 20.0. The number of para-hydroxylation sites is 1. The highest BCUT2D eigenvalue weighted by Gasteiger charge is 2.43. The predicted molar refractivity (Wildman–Crippen MR) is 162 cm³/mol. The van der Waals surface area contributed by atoms with E-state index in [1.807, 2.05) is 61.5 Å². The lowest BCUT2D eigenvalue weighted by atomic mass is 10.1. The molecule has 0 saturated heterocycles. The first-order valence-corrected chi connectivity index (χ1v) is 14.4. The number of benzene rings is 3. The lowest BCUT2D eigenvalue weighted by Crippen LogP contribution is -2.43. The average Bonchev–Trinajstić information content (AvgIpc) is 3.32. The van der Waals surface area contributed by atoms with E-state index >= 15 is 0 Å². The third-order valence-corrected chi connectivity index (χ3v) is 8.07. The zero-order chi connectivity index (χ0) is 28.8. The summed E-state index contributed by atoms with van der Waals surface area (Å²) in [4.78, 5) is 50.5. The van der Waals surface area contributed by atoms with Crippen LogP contribution < -0.4 is 15.4 Å². The van der Waals surface area contributed by atoms with Crippen LogP contribution >= 0.6 is 11.8 Å². The van der Waals surface area contributed by atoms with E-state index in [9.17, 15) is 14.4 Å². The Bertz CT molecular complexity index is 1510. The fraction of sp³-hybridized carbons (Fsp3) is 0.258. The fourth-order valence-electron chi connectivity index (χ4n) is 4.63. The van der Waals surface area contributed by atoms with Crippen molar-refractivity contribution in [2.45, 2.75) is 37.5 Å². The minimum Gasteiger partial charge on any atom is -0.497 e. The molecule has 2 N–H and O–H groups in total. The summed E-state index contributed by atoms with van der Waals surface area (Å²) < 4.78 is 5.26. The van der Waals surface area contributed by atoms with Crippen LogP contribution in [0, 0.1) is 0 Å². The van der Waals surface area contributed by atoms with Crippen LogP contribution in [0.1, 0.15) is 30.9 Å². The Hall–Kier alpha value is -4.44.